The quantitative estimate of drug-likeness (QED) is 0.721. The molecule has 4 nitrogen and oxygen atoms in total. The van der Waals surface area contributed by atoms with E-state index in [1.807, 2.05) is 30.3 Å². The number of fused-ring (bicyclic) bond motifs is 1. The summed E-state index contributed by atoms with van der Waals surface area (Å²) in [6, 6.07) is 22.9. The van der Waals surface area contributed by atoms with Crippen LogP contribution in [0.1, 0.15) is 18.7 Å². The summed E-state index contributed by atoms with van der Waals surface area (Å²) in [4.78, 5) is 2.32. The minimum atomic E-state index is -0.511. The average molecular weight is 362 g/mol. The molecule has 0 saturated carbocycles. The van der Waals surface area contributed by atoms with Crippen molar-refractivity contribution in [1.29, 1.82) is 0 Å². The Bertz CT molecular complexity index is 858. The van der Waals surface area contributed by atoms with Gasteiger partial charge >= 0.3 is 0 Å². The number of hydrogen-bond donors (Lipinski definition) is 1. The van der Waals surface area contributed by atoms with Crippen LogP contribution in [0.2, 0.25) is 0 Å². The van der Waals surface area contributed by atoms with E-state index in [4.69, 9.17) is 4.74 Å². The first-order valence-corrected chi connectivity index (χ1v) is 9.56. The zero-order valence-corrected chi connectivity index (χ0v) is 15.7. The van der Waals surface area contributed by atoms with Gasteiger partial charge in [0.25, 0.3) is 0 Å². The smallest absolute Gasteiger partial charge is 0.119 e. The number of rotatable bonds is 6. The molecule has 2 atom stereocenters. The summed E-state index contributed by atoms with van der Waals surface area (Å²) in [5, 5.41) is 10.4. The highest BCUT2D eigenvalue weighted by Crippen LogP contribution is 2.25. The number of benzene rings is 2. The topological polar surface area (TPSA) is 37.6 Å². The zero-order chi connectivity index (χ0) is 18.6. The molecule has 1 aromatic heterocycles. The van der Waals surface area contributed by atoms with E-state index >= 15 is 0 Å². The summed E-state index contributed by atoms with van der Waals surface area (Å²) in [6.45, 7) is 5.04. The van der Waals surface area contributed by atoms with Crippen molar-refractivity contribution in [3.63, 3.8) is 0 Å². The molecular formula is C23H26N2O2. The summed E-state index contributed by atoms with van der Waals surface area (Å²) in [5.41, 5.74) is 3.66. The van der Waals surface area contributed by atoms with Crippen molar-refractivity contribution in [3.8, 4) is 16.9 Å². The molecule has 2 aromatic carbocycles. The van der Waals surface area contributed by atoms with Crippen LogP contribution < -0.4 is 4.74 Å². The first-order valence-electron chi connectivity index (χ1n) is 9.56. The first-order chi connectivity index (χ1) is 13.2. The van der Waals surface area contributed by atoms with Crippen molar-refractivity contribution in [1.82, 2.24) is 9.47 Å². The van der Waals surface area contributed by atoms with Gasteiger partial charge in [0, 0.05) is 37.6 Å². The van der Waals surface area contributed by atoms with Gasteiger partial charge < -0.3 is 14.4 Å². The van der Waals surface area contributed by atoms with Crippen molar-refractivity contribution in [2.45, 2.75) is 25.6 Å². The molecular weight excluding hydrogens is 336 g/mol. The zero-order valence-electron chi connectivity index (χ0n) is 15.7. The SMILES string of the molecule is C[C@H]1c2cccn2CCN1C[C@@H](O)COc1ccc(-c2ccccc2)cc1. The van der Waals surface area contributed by atoms with Crippen LogP contribution in [0.5, 0.6) is 5.75 Å². The lowest BCUT2D eigenvalue weighted by Gasteiger charge is -2.36. The standard InChI is InChI=1S/C23H26N2O2/c1-18-23-8-5-13-24(23)14-15-25(18)16-21(26)17-27-22-11-9-20(10-12-22)19-6-3-2-4-7-19/h2-13,18,21,26H,14-17H2,1H3/t18-,21+/m0/s1. The maximum atomic E-state index is 10.4. The molecule has 27 heavy (non-hydrogen) atoms. The Morgan fingerprint density at radius 3 is 2.48 bits per heavy atom. The van der Waals surface area contributed by atoms with Crippen LogP contribution in [0.4, 0.5) is 0 Å². The van der Waals surface area contributed by atoms with Crippen LogP contribution in [0.15, 0.2) is 72.9 Å². The van der Waals surface area contributed by atoms with Gasteiger partial charge in [0.1, 0.15) is 18.5 Å². The van der Waals surface area contributed by atoms with E-state index in [2.05, 4.69) is 59.0 Å². The number of hydrogen-bond acceptors (Lipinski definition) is 3. The van der Waals surface area contributed by atoms with Gasteiger partial charge in [-0.1, -0.05) is 42.5 Å². The monoisotopic (exact) mass is 362 g/mol. The second-order valence-corrected chi connectivity index (χ2v) is 7.15. The summed E-state index contributed by atoms with van der Waals surface area (Å²) in [6.07, 6.45) is 1.62. The van der Waals surface area contributed by atoms with Crippen LogP contribution in [-0.4, -0.2) is 40.4 Å². The van der Waals surface area contributed by atoms with Crippen LogP contribution >= 0.6 is 0 Å². The minimum absolute atomic E-state index is 0.301. The third-order valence-corrected chi connectivity index (χ3v) is 5.32. The molecule has 0 unspecified atom stereocenters. The number of nitrogens with zero attached hydrogens (tertiary/aromatic N) is 2. The van der Waals surface area contributed by atoms with Crippen LogP contribution in [0, 0.1) is 0 Å². The highest BCUT2D eigenvalue weighted by molar-refractivity contribution is 5.63. The molecule has 0 aliphatic carbocycles. The van der Waals surface area contributed by atoms with Crippen molar-refractivity contribution in [3.05, 3.63) is 78.6 Å². The van der Waals surface area contributed by atoms with Gasteiger partial charge in [-0.05, 0) is 42.3 Å². The molecule has 0 amide bonds. The molecule has 1 N–H and O–H groups in total. The number of aliphatic hydroxyl groups is 1. The highest BCUT2D eigenvalue weighted by atomic mass is 16.5. The largest absolute Gasteiger partial charge is 0.491 e. The molecule has 4 rings (SSSR count). The van der Waals surface area contributed by atoms with Crippen LogP contribution in [-0.2, 0) is 6.54 Å². The summed E-state index contributed by atoms with van der Waals surface area (Å²) < 4.78 is 8.10. The lowest BCUT2D eigenvalue weighted by atomic mass is 10.1. The molecule has 1 aliphatic heterocycles. The Balaban J connectivity index is 1.30. The van der Waals surface area contributed by atoms with Crippen molar-refractivity contribution >= 4 is 0 Å². The molecule has 0 saturated heterocycles. The Labute approximate surface area is 160 Å². The predicted molar refractivity (Wildman–Crippen MR) is 108 cm³/mol. The molecule has 140 valence electrons. The van der Waals surface area contributed by atoms with Crippen molar-refractivity contribution in [2.75, 3.05) is 19.7 Å². The van der Waals surface area contributed by atoms with E-state index in [9.17, 15) is 5.11 Å². The van der Waals surface area contributed by atoms with Crippen LogP contribution in [0.3, 0.4) is 0 Å². The minimum Gasteiger partial charge on any atom is -0.491 e. The lowest BCUT2D eigenvalue weighted by molar-refractivity contribution is 0.0453. The maximum absolute atomic E-state index is 10.4. The van der Waals surface area contributed by atoms with Crippen LogP contribution in [0.25, 0.3) is 11.1 Å². The molecule has 2 heterocycles. The molecule has 4 heteroatoms. The fraction of sp³-hybridized carbons (Fsp3) is 0.304. The predicted octanol–water partition coefficient (Wildman–Crippen LogP) is 3.97. The number of ether oxygens (including phenoxy) is 1. The number of aliphatic hydroxyl groups excluding tert-OH is 1. The van der Waals surface area contributed by atoms with Gasteiger partial charge in [0.2, 0.25) is 0 Å². The van der Waals surface area contributed by atoms with Crippen molar-refractivity contribution < 1.29 is 9.84 Å². The van der Waals surface area contributed by atoms with Gasteiger partial charge in [-0.3, -0.25) is 4.90 Å². The lowest BCUT2D eigenvalue weighted by Crippen LogP contribution is -2.42. The Morgan fingerprint density at radius 1 is 0.963 bits per heavy atom. The van der Waals surface area contributed by atoms with E-state index < -0.39 is 6.10 Å². The first kappa shape index (κ1) is 17.8. The Hall–Kier alpha value is -2.56. The number of β-amino-alcohol motifs (C(OH)–C–C–N with tert-alkyl or cyclic N) is 1. The van der Waals surface area contributed by atoms with Gasteiger partial charge in [-0.25, -0.2) is 0 Å². The molecule has 3 aromatic rings. The van der Waals surface area contributed by atoms with Gasteiger partial charge in [-0.2, -0.15) is 0 Å². The van der Waals surface area contributed by atoms with E-state index in [1.165, 1.54) is 11.3 Å². The second-order valence-electron chi connectivity index (χ2n) is 7.15. The molecule has 0 bridgehead atoms. The highest BCUT2D eigenvalue weighted by Gasteiger charge is 2.25. The van der Waals surface area contributed by atoms with E-state index in [-0.39, 0.29) is 0 Å². The average Bonchev–Trinajstić information content (AvgIpc) is 3.19. The fourth-order valence-electron chi connectivity index (χ4n) is 3.77. The molecule has 0 spiro atoms. The van der Waals surface area contributed by atoms with Gasteiger partial charge in [0.05, 0.1) is 0 Å². The maximum Gasteiger partial charge on any atom is 0.119 e. The Kier molecular flexibility index (Phi) is 5.28. The second kappa shape index (κ2) is 7.99. The summed E-state index contributed by atoms with van der Waals surface area (Å²) >= 11 is 0. The molecule has 0 radical (unpaired) electrons. The van der Waals surface area contributed by atoms with Gasteiger partial charge in [0.15, 0.2) is 0 Å². The summed E-state index contributed by atoms with van der Waals surface area (Å²) in [7, 11) is 0. The Morgan fingerprint density at radius 2 is 1.70 bits per heavy atom. The van der Waals surface area contributed by atoms with E-state index in [0.717, 1.165) is 24.4 Å². The third kappa shape index (κ3) is 4.07. The fourth-order valence-corrected chi connectivity index (χ4v) is 3.77. The van der Waals surface area contributed by atoms with Gasteiger partial charge in [-0.15, -0.1) is 0 Å². The normalized spacial score (nSPS) is 18.1. The van der Waals surface area contributed by atoms with E-state index in [1.54, 1.807) is 0 Å². The van der Waals surface area contributed by atoms with E-state index in [0.29, 0.717) is 19.2 Å². The number of aromatic nitrogens is 1. The third-order valence-electron chi connectivity index (χ3n) is 5.32. The van der Waals surface area contributed by atoms with Crippen molar-refractivity contribution in [2.24, 2.45) is 0 Å². The molecule has 0 fully saturated rings. The molecule has 1 aliphatic rings. The summed E-state index contributed by atoms with van der Waals surface area (Å²) in [5.74, 6) is 0.786.